The molecule has 0 aromatic carbocycles. The molecule has 1 aromatic heterocycles. The van der Waals surface area contributed by atoms with Gasteiger partial charge in [-0.2, -0.15) is 17.7 Å². The molecule has 0 aliphatic heterocycles. The highest BCUT2D eigenvalue weighted by molar-refractivity contribution is 7.80. The van der Waals surface area contributed by atoms with Gasteiger partial charge in [-0.3, -0.25) is 4.79 Å². The summed E-state index contributed by atoms with van der Waals surface area (Å²) < 4.78 is 1.51. The first-order valence-corrected chi connectivity index (χ1v) is 5.45. The first-order valence-electron chi connectivity index (χ1n) is 4.82. The Kier molecular flexibility index (Phi) is 4.20. The highest BCUT2D eigenvalue weighted by Gasteiger charge is 2.06. The average molecular weight is 212 g/mol. The fourth-order valence-corrected chi connectivity index (χ4v) is 1.60. The number of hydrogen-bond donors (Lipinski definition) is 1. The minimum Gasteiger partial charge on any atom is -0.268 e. The van der Waals surface area contributed by atoms with Crippen LogP contribution < -0.4 is 5.56 Å². The van der Waals surface area contributed by atoms with Gasteiger partial charge in [-0.25, -0.2) is 4.68 Å². The molecule has 0 bridgehead atoms. The van der Waals surface area contributed by atoms with Crippen molar-refractivity contribution in [3.8, 4) is 0 Å². The zero-order valence-electron chi connectivity index (χ0n) is 8.60. The van der Waals surface area contributed by atoms with Crippen LogP contribution in [0.2, 0.25) is 0 Å². The lowest BCUT2D eigenvalue weighted by molar-refractivity contribution is 0.430. The van der Waals surface area contributed by atoms with Gasteiger partial charge < -0.3 is 0 Å². The highest BCUT2D eigenvalue weighted by Crippen LogP contribution is 2.06. The van der Waals surface area contributed by atoms with Crippen LogP contribution in [-0.2, 0) is 6.54 Å². The smallest absolute Gasteiger partial charge is 0.266 e. The maximum absolute atomic E-state index is 11.5. The van der Waals surface area contributed by atoms with Gasteiger partial charge in [0.15, 0.2) is 0 Å². The van der Waals surface area contributed by atoms with Gasteiger partial charge in [0, 0.05) is 12.6 Å². The maximum atomic E-state index is 11.5. The second-order valence-electron chi connectivity index (χ2n) is 3.51. The second-order valence-corrected chi connectivity index (χ2v) is 3.88. The van der Waals surface area contributed by atoms with Crippen molar-refractivity contribution in [3.05, 3.63) is 28.2 Å². The van der Waals surface area contributed by atoms with E-state index in [0.717, 1.165) is 17.7 Å². The third kappa shape index (κ3) is 2.87. The first-order chi connectivity index (χ1) is 6.67. The van der Waals surface area contributed by atoms with Crippen molar-refractivity contribution in [2.75, 3.05) is 5.75 Å². The second kappa shape index (κ2) is 5.20. The summed E-state index contributed by atoms with van der Waals surface area (Å²) in [5, 5.41) is 4.08. The van der Waals surface area contributed by atoms with Crippen molar-refractivity contribution in [1.29, 1.82) is 0 Å². The molecule has 4 heteroatoms. The normalized spacial score (nSPS) is 12.8. The molecule has 14 heavy (non-hydrogen) atoms. The van der Waals surface area contributed by atoms with Crippen molar-refractivity contribution in [2.45, 2.75) is 26.8 Å². The Morgan fingerprint density at radius 2 is 2.36 bits per heavy atom. The Balaban J connectivity index is 2.81. The van der Waals surface area contributed by atoms with Crippen LogP contribution in [0.1, 0.15) is 18.9 Å². The van der Waals surface area contributed by atoms with Crippen LogP contribution in [0.25, 0.3) is 0 Å². The zero-order valence-corrected chi connectivity index (χ0v) is 9.50. The lowest BCUT2D eigenvalue weighted by Gasteiger charge is -2.12. The lowest BCUT2D eigenvalue weighted by Crippen LogP contribution is -2.26. The van der Waals surface area contributed by atoms with E-state index in [0.29, 0.717) is 12.5 Å². The lowest BCUT2D eigenvalue weighted by atomic mass is 10.1. The molecule has 0 amide bonds. The fourth-order valence-electron chi connectivity index (χ4n) is 1.22. The van der Waals surface area contributed by atoms with Crippen LogP contribution in [-0.4, -0.2) is 15.5 Å². The van der Waals surface area contributed by atoms with E-state index in [2.05, 4.69) is 24.7 Å². The topological polar surface area (TPSA) is 34.9 Å². The van der Waals surface area contributed by atoms with Gasteiger partial charge >= 0.3 is 0 Å². The molecule has 78 valence electrons. The molecule has 0 saturated heterocycles. The Labute approximate surface area is 89.6 Å². The van der Waals surface area contributed by atoms with E-state index in [9.17, 15) is 4.79 Å². The fraction of sp³-hybridized carbons (Fsp3) is 0.600. The minimum absolute atomic E-state index is 0.0229. The zero-order chi connectivity index (χ0) is 10.6. The standard InChI is InChI=1S/C10H16N2OS/c1-3-9(7-14)6-12-10(13)4-8(2)5-11-12/h4-5,9,14H,3,6-7H2,1-2H3. The van der Waals surface area contributed by atoms with Gasteiger partial charge in [-0.1, -0.05) is 13.3 Å². The van der Waals surface area contributed by atoms with E-state index in [1.165, 1.54) is 4.68 Å². The highest BCUT2D eigenvalue weighted by atomic mass is 32.1. The summed E-state index contributed by atoms with van der Waals surface area (Å²) in [5.74, 6) is 1.21. The predicted molar refractivity (Wildman–Crippen MR) is 60.9 cm³/mol. The number of aromatic nitrogens is 2. The monoisotopic (exact) mass is 212 g/mol. The average Bonchev–Trinajstić information content (AvgIpc) is 2.17. The molecule has 0 saturated carbocycles. The summed E-state index contributed by atoms with van der Waals surface area (Å²) in [6.07, 6.45) is 2.73. The summed E-state index contributed by atoms with van der Waals surface area (Å²) in [6.45, 7) is 4.63. The molecule has 1 atom stereocenters. The van der Waals surface area contributed by atoms with Crippen LogP contribution in [0.3, 0.4) is 0 Å². The Hall–Kier alpha value is -0.770. The van der Waals surface area contributed by atoms with Crippen LogP contribution in [0.4, 0.5) is 0 Å². The maximum Gasteiger partial charge on any atom is 0.266 e. The molecule has 1 heterocycles. The Morgan fingerprint density at radius 1 is 1.64 bits per heavy atom. The van der Waals surface area contributed by atoms with Gasteiger partial charge in [-0.15, -0.1) is 0 Å². The molecule has 0 radical (unpaired) electrons. The van der Waals surface area contributed by atoms with E-state index in [-0.39, 0.29) is 5.56 Å². The van der Waals surface area contributed by atoms with Crippen molar-refractivity contribution < 1.29 is 0 Å². The summed E-state index contributed by atoms with van der Waals surface area (Å²) in [5.41, 5.74) is 0.885. The molecule has 1 unspecified atom stereocenters. The number of aryl methyl sites for hydroxylation is 1. The molecule has 3 nitrogen and oxygen atoms in total. The third-order valence-electron chi connectivity index (χ3n) is 2.27. The molecule has 0 spiro atoms. The van der Waals surface area contributed by atoms with Gasteiger partial charge in [0.2, 0.25) is 0 Å². The summed E-state index contributed by atoms with van der Waals surface area (Å²) in [7, 11) is 0. The largest absolute Gasteiger partial charge is 0.268 e. The van der Waals surface area contributed by atoms with Crippen molar-refractivity contribution >= 4 is 12.6 Å². The van der Waals surface area contributed by atoms with Crippen molar-refractivity contribution in [1.82, 2.24) is 9.78 Å². The van der Waals surface area contributed by atoms with Gasteiger partial charge in [0.1, 0.15) is 0 Å². The molecule has 0 N–H and O–H groups in total. The molecular weight excluding hydrogens is 196 g/mol. The van der Waals surface area contributed by atoms with E-state index in [4.69, 9.17) is 0 Å². The van der Waals surface area contributed by atoms with E-state index in [1.807, 2.05) is 6.92 Å². The molecule has 0 aliphatic carbocycles. The van der Waals surface area contributed by atoms with Crippen LogP contribution in [0.5, 0.6) is 0 Å². The number of thiol groups is 1. The van der Waals surface area contributed by atoms with Crippen molar-refractivity contribution in [2.24, 2.45) is 5.92 Å². The van der Waals surface area contributed by atoms with Crippen LogP contribution >= 0.6 is 12.6 Å². The summed E-state index contributed by atoms with van der Waals surface area (Å²) in [4.78, 5) is 11.5. The molecular formula is C10H16N2OS. The van der Waals surface area contributed by atoms with Gasteiger partial charge in [0.05, 0.1) is 6.20 Å². The van der Waals surface area contributed by atoms with E-state index >= 15 is 0 Å². The van der Waals surface area contributed by atoms with E-state index < -0.39 is 0 Å². The molecule has 0 fully saturated rings. The number of nitrogens with zero attached hydrogens (tertiary/aromatic N) is 2. The van der Waals surface area contributed by atoms with Crippen LogP contribution in [0, 0.1) is 12.8 Å². The minimum atomic E-state index is -0.0229. The molecule has 1 rings (SSSR count). The Bertz CT molecular complexity index is 344. The van der Waals surface area contributed by atoms with Gasteiger partial charge in [-0.05, 0) is 24.2 Å². The summed E-state index contributed by atoms with van der Waals surface area (Å²) >= 11 is 4.24. The summed E-state index contributed by atoms with van der Waals surface area (Å²) in [6, 6.07) is 1.61. The Morgan fingerprint density at radius 3 is 2.86 bits per heavy atom. The van der Waals surface area contributed by atoms with E-state index in [1.54, 1.807) is 12.3 Å². The van der Waals surface area contributed by atoms with Crippen molar-refractivity contribution in [3.63, 3.8) is 0 Å². The molecule has 1 aromatic rings. The predicted octanol–water partition coefficient (Wildman–Crippen LogP) is 1.51. The SMILES string of the molecule is CCC(CS)Cn1ncc(C)cc1=O. The first kappa shape index (κ1) is 11.3. The third-order valence-corrected chi connectivity index (χ3v) is 2.79. The van der Waals surface area contributed by atoms with Crippen LogP contribution in [0.15, 0.2) is 17.1 Å². The van der Waals surface area contributed by atoms with Gasteiger partial charge in [0.25, 0.3) is 5.56 Å². The number of rotatable bonds is 4. The molecule has 0 aliphatic rings. The number of hydrogen-bond acceptors (Lipinski definition) is 3. The quantitative estimate of drug-likeness (QED) is 0.768.